The van der Waals surface area contributed by atoms with Gasteiger partial charge in [-0.05, 0) is 44.7 Å². The van der Waals surface area contributed by atoms with Gasteiger partial charge in [-0.2, -0.15) is 0 Å². The van der Waals surface area contributed by atoms with Gasteiger partial charge in [0.05, 0.1) is 12.0 Å². The van der Waals surface area contributed by atoms with Crippen molar-refractivity contribution in [3.63, 3.8) is 0 Å². The molecule has 6 nitrogen and oxygen atoms in total. The number of rotatable bonds is 4. The molecule has 0 aliphatic heterocycles. The van der Waals surface area contributed by atoms with E-state index in [9.17, 15) is 9.59 Å². The number of para-hydroxylation sites is 1. The summed E-state index contributed by atoms with van der Waals surface area (Å²) in [5, 5.41) is 0. The highest BCUT2D eigenvalue weighted by Gasteiger charge is 2.26. The molecule has 0 saturated heterocycles. The lowest BCUT2D eigenvalue weighted by Gasteiger charge is -2.13. The normalized spacial score (nSPS) is 14.6. The first-order chi connectivity index (χ1) is 11.6. The highest BCUT2D eigenvalue weighted by atomic mass is 16.2. The number of hydrogen-bond donors (Lipinski definition) is 0. The first-order valence-electron chi connectivity index (χ1n) is 8.35. The van der Waals surface area contributed by atoms with E-state index in [2.05, 4.69) is 4.98 Å². The molecular formula is C18H20N4O2. The fraction of sp³-hybridized carbons (Fsp3) is 0.389. The lowest BCUT2D eigenvalue weighted by atomic mass is 10.3. The molecule has 1 aliphatic rings. The molecule has 3 aromatic rings. The van der Waals surface area contributed by atoms with E-state index in [1.165, 1.54) is 4.57 Å². The molecule has 2 heterocycles. The van der Waals surface area contributed by atoms with Gasteiger partial charge in [-0.15, -0.1) is 0 Å². The van der Waals surface area contributed by atoms with Crippen LogP contribution in [0.2, 0.25) is 0 Å². The summed E-state index contributed by atoms with van der Waals surface area (Å²) in [6.45, 7) is 4.50. The summed E-state index contributed by atoms with van der Waals surface area (Å²) < 4.78 is 4.78. The Morgan fingerprint density at radius 1 is 1.17 bits per heavy atom. The number of benzene rings is 1. The average Bonchev–Trinajstić information content (AvgIpc) is 3.28. The van der Waals surface area contributed by atoms with E-state index in [0.29, 0.717) is 23.6 Å². The molecule has 24 heavy (non-hydrogen) atoms. The van der Waals surface area contributed by atoms with E-state index in [1.807, 2.05) is 48.7 Å². The largest absolute Gasteiger partial charge is 0.337 e. The van der Waals surface area contributed by atoms with Crippen LogP contribution in [-0.2, 0) is 6.54 Å². The Balaban J connectivity index is 2.10. The number of imidazole rings is 1. The molecule has 6 heteroatoms. The second-order valence-corrected chi connectivity index (χ2v) is 6.73. The van der Waals surface area contributed by atoms with Crippen molar-refractivity contribution < 1.29 is 0 Å². The van der Waals surface area contributed by atoms with Crippen LogP contribution in [0, 0.1) is 5.92 Å². The molecule has 0 atom stereocenters. The molecule has 1 aromatic carbocycles. The molecule has 1 aliphatic carbocycles. The minimum atomic E-state index is -0.306. The maximum atomic E-state index is 13.0. The highest BCUT2D eigenvalue weighted by molar-refractivity contribution is 5.72. The van der Waals surface area contributed by atoms with Crippen LogP contribution < -0.4 is 11.2 Å². The molecule has 1 fully saturated rings. The van der Waals surface area contributed by atoms with Crippen molar-refractivity contribution in [2.75, 3.05) is 0 Å². The fourth-order valence-electron chi connectivity index (χ4n) is 3.07. The number of fused-ring (bicyclic) bond motifs is 1. The molecule has 1 saturated carbocycles. The summed E-state index contributed by atoms with van der Waals surface area (Å²) in [6, 6.07) is 9.48. The standard InChI is InChI=1S/C18H20N4O2/c1-12(2)21-11-19-16-15(21)17(23)20(10-13-8-9-13)18(24)22(16)14-6-4-3-5-7-14/h3-7,11-13H,8-10H2,1-2H3. The van der Waals surface area contributed by atoms with Crippen LogP contribution in [0.3, 0.4) is 0 Å². The first kappa shape index (κ1) is 14.9. The van der Waals surface area contributed by atoms with Gasteiger partial charge < -0.3 is 4.57 Å². The van der Waals surface area contributed by atoms with E-state index in [1.54, 1.807) is 10.9 Å². The van der Waals surface area contributed by atoms with Gasteiger partial charge in [0.1, 0.15) is 0 Å². The molecule has 4 rings (SSSR count). The van der Waals surface area contributed by atoms with Crippen LogP contribution in [0.4, 0.5) is 0 Å². The fourth-order valence-corrected chi connectivity index (χ4v) is 3.07. The van der Waals surface area contributed by atoms with Gasteiger partial charge in [0.25, 0.3) is 5.56 Å². The van der Waals surface area contributed by atoms with Crippen molar-refractivity contribution in [2.45, 2.75) is 39.3 Å². The van der Waals surface area contributed by atoms with Crippen LogP contribution in [0.15, 0.2) is 46.2 Å². The summed E-state index contributed by atoms with van der Waals surface area (Å²) in [6.07, 6.45) is 3.81. The summed E-state index contributed by atoms with van der Waals surface area (Å²) in [4.78, 5) is 30.4. The van der Waals surface area contributed by atoms with Crippen molar-refractivity contribution >= 4 is 11.2 Å². The summed E-state index contributed by atoms with van der Waals surface area (Å²) in [7, 11) is 0. The Hall–Kier alpha value is -2.63. The Kier molecular flexibility index (Phi) is 3.40. The van der Waals surface area contributed by atoms with E-state index < -0.39 is 0 Å². The second kappa shape index (κ2) is 5.47. The Morgan fingerprint density at radius 2 is 1.88 bits per heavy atom. The Labute approximate surface area is 139 Å². The monoisotopic (exact) mass is 324 g/mol. The lowest BCUT2D eigenvalue weighted by molar-refractivity contribution is 0.561. The number of aromatic nitrogens is 4. The van der Waals surface area contributed by atoms with Crippen molar-refractivity contribution in [2.24, 2.45) is 5.92 Å². The van der Waals surface area contributed by atoms with Crippen LogP contribution in [0.1, 0.15) is 32.7 Å². The van der Waals surface area contributed by atoms with Crippen LogP contribution in [0.5, 0.6) is 0 Å². The van der Waals surface area contributed by atoms with Crippen LogP contribution >= 0.6 is 0 Å². The zero-order valence-corrected chi connectivity index (χ0v) is 13.8. The molecule has 0 unspecified atom stereocenters. The molecule has 0 spiro atoms. The predicted molar refractivity (Wildman–Crippen MR) is 92.7 cm³/mol. The van der Waals surface area contributed by atoms with Crippen molar-refractivity contribution in [3.8, 4) is 5.69 Å². The third kappa shape index (κ3) is 2.29. The van der Waals surface area contributed by atoms with E-state index >= 15 is 0 Å². The van der Waals surface area contributed by atoms with Gasteiger partial charge in [0.15, 0.2) is 11.2 Å². The maximum Gasteiger partial charge on any atom is 0.337 e. The van der Waals surface area contributed by atoms with Gasteiger partial charge in [-0.1, -0.05) is 18.2 Å². The quantitative estimate of drug-likeness (QED) is 0.740. The van der Waals surface area contributed by atoms with Crippen LogP contribution in [-0.4, -0.2) is 18.7 Å². The van der Waals surface area contributed by atoms with E-state index in [-0.39, 0.29) is 17.3 Å². The number of hydrogen-bond acceptors (Lipinski definition) is 3. The molecule has 0 bridgehead atoms. The van der Waals surface area contributed by atoms with E-state index in [4.69, 9.17) is 0 Å². The summed E-state index contributed by atoms with van der Waals surface area (Å²) in [5.41, 5.74) is 1.11. The smallest absolute Gasteiger partial charge is 0.322 e. The third-order valence-electron chi connectivity index (χ3n) is 4.56. The van der Waals surface area contributed by atoms with Gasteiger partial charge in [0, 0.05) is 12.6 Å². The van der Waals surface area contributed by atoms with Gasteiger partial charge in [-0.25, -0.2) is 14.3 Å². The summed E-state index contributed by atoms with van der Waals surface area (Å²) >= 11 is 0. The molecule has 0 amide bonds. The molecule has 2 aromatic heterocycles. The zero-order valence-electron chi connectivity index (χ0n) is 13.8. The summed E-state index contributed by atoms with van der Waals surface area (Å²) in [5.74, 6) is 0.437. The average molecular weight is 324 g/mol. The van der Waals surface area contributed by atoms with Gasteiger partial charge in [0.2, 0.25) is 0 Å². The number of nitrogens with zero attached hydrogens (tertiary/aromatic N) is 4. The Morgan fingerprint density at radius 3 is 2.50 bits per heavy atom. The maximum absolute atomic E-state index is 13.0. The second-order valence-electron chi connectivity index (χ2n) is 6.73. The highest BCUT2D eigenvalue weighted by Crippen LogP contribution is 2.30. The van der Waals surface area contributed by atoms with Gasteiger partial charge >= 0.3 is 5.69 Å². The SMILES string of the molecule is CC(C)n1cnc2c1c(=O)n(CC1CC1)c(=O)n2-c1ccccc1. The molecule has 124 valence electrons. The minimum Gasteiger partial charge on any atom is -0.322 e. The van der Waals surface area contributed by atoms with Crippen LogP contribution in [0.25, 0.3) is 16.9 Å². The molecule has 0 N–H and O–H groups in total. The molecule has 0 radical (unpaired) electrons. The molecular weight excluding hydrogens is 304 g/mol. The van der Waals surface area contributed by atoms with Crippen molar-refractivity contribution in [1.82, 2.24) is 18.7 Å². The van der Waals surface area contributed by atoms with Crippen molar-refractivity contribution in [1.29, 1.82) is 0 Å². The Bertz CT molecular complexity index is 1010. The predicted octanol–water partition coefficient (Wildman–Crippen LogP) is 2.34. The van der Waals surface area contributed by atoms with Gasteiger partial charge in [-0.3, -0.25) is 9.36 Å². The topological polar surface area (TPSA) is 61.8 Å². The third-order valence-corrected chi connectivity index (χ3v) is 4.56. The van der Waals surface area contributed by atoms with E-state index in [0.717, 1.165) is 18.5 Å². The van der Waals surface area contributed by atoms with Crippen molar-refractivity contribution in [3.05, 3.63) is 57.5 Å². The first-order valence-corrected chi connectivity index (χ1v) is 8.35. The zero-order chi connectivity index (χ0) is 16.8. The minimum absolute atomic E-state index is 0.0961. The lowest BCUT2D eigenvalue weighted by Crippen LogP contribution is -2.40.